The monoisotopic (exact) mass is 236 g/mol. The van der Waals surface area contributed by atoms with Gasteiger partial charge in [-0.25, -0.2) is 4.79 Å². The Bertz CT molecular complexity index is 449. The zero-order valence-corrected chi connectivity index (χ0v) is 9.92. The second kappa shape index (κ2) is 4.00. The molecule has 0 spiro atoms. The number of hydrogen-bond acceptors (Lipinski definition) is 3. The van der Waals surface area contributed by atoms with Crippen molar-refractivity contribution in [2.45, 2.75) is 31.9 Å². The molecule has 1 aromatic heterocycles. The first-order chi connectivity index (χ1) is 7.93. The van der Waals surface area contributed by atoms with Crippen molar-refractivity contribution in [1.29, 1.82) is 0 Å². The number of β-amino-alcohol motifs (C(OH)–C–C–N with tert-alkyl or cyclic N) is 1. The zero-order chi connectivity index (χ0) is 12.6. The molecule has 2 heterocycles. The molecule has 5 heteroatoms. The number of aryl methyl sites for hydroxylation is 1. The highest BCUT2D eigenvalue weighted by Gasteiger charge is 2.46. The first-order valence-corrected chi connectivity index (χ1v) is 5.55. The van der Waals surface area contributed by atoms with Gasteiger partial charge in [-0.1, -0.05) is 0 Å². The number of rotatable bonds is 1. The molecule has 5 nitrogen and oxygen atoms in total. The summed E-state index contributed by atoms with van der Waals surface area (Å²) in [6.45, 7) is 3.88. The molecule has 1 amide bonds. The zero-order valence-electron chi connectivity index (χ0n) is 9.92. The summed E-state index contributed by atoms with van der Waals surface area (Å²) < 4.78 is 0. The summed E-state index contributed by atoms with van der Waals surface area (Å²) in [5.74, 6) is 0. The largest absolute Gasteiger partial charge is 0.465 e. The lowest BCUT2D eigenvalue weighted by Gasteiger charge is -2.32. The number of aromatic nitrogens is 1. The maximum Gasteiger partial charge on any atom is 0.408 e. The first kappa shape index (κ1) is 11.9. The van der Waals surface area contributed by atoms with Crippen LogP contribution in [0.15, 0.2) is 18.3 Å². The van der Waals surface area contributed by atoms with Crippen LogP contribution in [-0.2, 0) is 5.54 Å². The van der Waals surface area contributed by atoms with Crippen molar-refractivity contribution < 1.29 is 15.0 Å². The third-order valence-corrected chi connectivity index (χ3v) is 3.32. The summed E-state index contributed by atoms with van der Waals surface area (Å²) in [7, 11) is 0. The molecule has 92 valence electrons. The van der Waals surface area contributed by atoms with E-state index in [1.165, 1.54) is 4.90 Å². The minimum absolute atomic E-state index is 0.140. The number of carbonyl (C=O) groups is 1. The van der Waals surface area contributed by atoms with Crippen LogP contribution in [0.4, 0.5) is 4.79 Å². The number of nitrogens with zero attached hydrogens (tertiary/aromatic N) is 2. The van der Waals surface area contributed by atoms with Crippen molar-refractivity contribution in [2.24, 2.45) is 0 Å². The number of aliphatic hydroxyl groups is 1. The van der Waals surface area contributed by atoms with Gasteiger partial charge in [-0.2, -0.15) is 0 Å². The minimum Gasteiger partial charge on any atom is -0.465 e. The van der Waals surface area contributed by atoms with Crippen LogP contribution >= 0.6 is 0 Å². The van der Waals surface area contributed by atoms with Crippen molar-refractivity contribution in [3.63, 3.8) is 0 Å². The lowest BCUT2D eigenvalue weighted by molar-refractivity contribution is 0.106. The molecule has 0 saturated carbocycles. The van der Waals surface area contributed by atoms with Gasteiger partial charge in [0, 0.05) is 12.6 Å². The molecule has 0 bridgehead atoms. The third-order valence-electron chi connectivity index (χ3n) is 3.32. The topological polar surface area (TPSA) is 73.7 Å². The lowest BCUT2D eigenvalue weighted by Crippen LogP contribution is -2.42. The average Bonchev–Trinajstić information content (AvgIpc) is 2.55. The smallest absolute Gasteiger partial charge is 0.408 e. The highest BCUT2D eigenvalue weighted by Crippen LogP contribution is 2.37. The molecule has 2 rings (SSSR count). The molecular weight excluding hydrogens is 220 g/mol. The van der Waals surface area contributed by atoms with E-state index in [4.69, 9.17) is 0 Å². The van der Waals surface area contributed by atoms with E-state index < -0.39 is 17.7 Å². The van der Waals surface area contributed by atoms with E-state index in [1.54, 1.807) is 13.1 Å². The summed E-state index contributed by atoms with van der Waals surface area (Å²) in [6, 6.07) is 3.73. The molecule has 1 fully saturated rings. The first-order valence-electron chi connectivity index (χ1n) is 5.55. The van der Waals surface area contributed by atoms with Crippen LogP contribution < -0.4 is 0 Å². The van der Waals surface area contributed by atoms with Crippen molar-refractivity contribution in [2.75, 3.05) is 6.54 Å². The summed E-state index contributed by atoms with van der Waals surface area (Å²) in [5, 5.41) is 18.9. The fourth-order valence-corrected chi connectivity index (χ4v) is 2.41. The average molecular weight is 236 g/mol. The standard InChI is InChI=1S/C12H16N2O3/c1-8-3-4-13-10(5-8)12(2)6-9(15)7-14(12)11(16)17/h3-5,9,15H,6-7H2,1-2H3,(H,16,17). The Hall–Kier alpha value is -1.62. The van der Waals surface area contributed by atoms with E-state index in [2.05, 4.69) is 4.98 Å². The van der Waals surface area contributed by atoms with E-state index in [1.807, 2.05) is 19.1 Å². The molecule has 0 radical (unpaired) electrons. The highest BCUT2D eigenvalue weighted by atomic mass is 16.4. The summed E-state index contributed by atoms with van der Waals surface area (Å²) in [6.07, 6.45) is 0.405. The maximum atomic E-state index is 11.2. The van der Waals surface area contributed by atoms with Crippen molar-refractivity contribution in [3.05, 3.63) is 29.6 Å². The molecule has 2 N–H and O–H groups in total. The molecule has 1 aliphatic rings. The van der Waals surface area contributed by atoms with Crippen LogP contribution in [0.1, 0.15) is 24.6 Å². The van der Waals surface area contributed by atoms with Gasteiger partial charge < -0.3 is 10.2 Å². The Morgan fingerprint density at radius 1 is 1.65 bits per heavy atom. The van der Waals surface area contributed by atoms with Gasteiger partial charge >= 0.3 is 6.09 Å². The van der Waals surface area contributed by atoms with E-state index in [9.17, 15) is 15.0 Å². The van der Waals surface area contributed by atoms with Gasteiger partial charge in [0.1, 0.15) is 0 Å². The maximum absolute atomic E-state index is 11.2. The fourth-order valence-electron chi connectivity index (χ4n) is 2.41. The Balaban J connectivity index is 2.43. The van der Waals surface area contributed by atoms with Crippen LogP contribution in [0.25, 0.3) is 0 Å². The van der Waals surface area contributed by atoms with E-state index in [0.717, 1.165) is 5.56 Å². The number of aliphatic hydroxyl groups excluding tert-OH is 1. The minimum atomic E-state index is -1.02. The summed E-state index contributed by atoms with van der Waals surface area (Å²) >= 11 is 0. The second-order valence-electron chi connectivity index (χ2n) is 4.74. The van der Waals surface area contributed by atoms with Gasteiger partial charge in [0.2, 0.25) is 0 Å². The highest BCUT2D eigenvalue weighted by molar-refractivity contribution is 5.67. The van der Waals surface area contributed by atoms with E-state index in [0.29, 0.717) is 12.1 Å². The van der Waals surface area contributed by atoms with Crippen molar-refractivity contribution >= 4 is 6.09 Å². The number of carboxylic acid groups (broad SMARTS) is 1. The van der Waals surface area contributed by atoms with Crippen LogP contribution in [0.2, 0.25) is 0 Å². The van der Waals surface area contributed by atoms with Crippen molar-refractivity contribution in [1.82, 2.24) is 9.88 Å². The quantitative estimate of drug-likeness (QED) is 0.772. The van der Waals surface area contributed by atoms with Crippen LogP contribution in [-0.4, -0.2) is 38.8 Å². The van der Waals surface area contributed by atoms with Crippen molar-refractivity contribution in [3.8, 4) is 0 Å². The Morgan fingerprint density at radius 3 is 2.94 bits per heavy atom. The van der Waals surface area contributed by atoms with Gasteiger partial charge in [0.05, 0.1) is 23.9 Å². The number of amides is 1. The summed E-state index contributed by atoms with van der Waals surface area (Å²) in [4.78, 5) is 16.7. The Labute approximate surface area is 99.7 Å². The van der Waals surface area contributed by atoms with Gasteiger partial charge in [-0.15, -0.1) is 0 Å². The van der Waals surface area contributed by atoms with E-state index in [-0.39, 0.29) is 6.54 Å². The van der Waals surface area contributed by atoms with Gasteiger partial charge in [-0.05, 0) is 31.5 Å². The van der Waals surface area contributed by atoms with E-state index >= 15 is 0 Å². The normalized spacial score (nSPS) is 28.4. The molecule has 17 heavy (non-hydrogen) atoms. The molecule has 0 aromatic carbocycles. The number of likely N-dealkylation sites (tertiary alicyclic amines) is 1. The van der Waals surface area contributed by atoms with Crippen LogP contribution in [0.5, 0.6) is 0 Å². The number of hydrogen-bond donors (Lipinski definition) is 2. The second-order valence-corrected chi connectivity index (χ2v) is 4.74. The molecule has 0 aliphatic carbocycles. The third kappa shape index (κ3) is 1.98. The summed E-state index contributed by atoms with van der Waals surface area (Å²) in [5.41, 5.74) is 0.983. The molecular formula is C12H16N2O3. The SMILES string of the molecule is Cc1ccnc(C2(C)CC(O)CN2C(=O)O)c1. The predicted octanol–water partition coefficient (Wildman–Crippen LogP) is 1.35. The lowest BCUT2D eigenvalue weighted by atomic mass is 9.92. The van der Waals surface area contributed by atoms with Gasteiger partial charge in [0.15, 0.2) is 0 Å². The van der Waals surface area contributed by atoms with Gasteiger partial charge in [-0.3, -0.25) is 9.88 Å². The molecule has 1 saturated heterocycles. The van der Waals surface area contributed by atoms with Crippen LogP contribution in [0, 0.1) is 6.92 Å². The van der Waals surface area contributed by atoms with Gasteiger partial charge in [0.25, 0.3) is 0 Å². The molecule has 1 aromatic rings. The Kier molecular flexibility index (Phi) is 2.79. The fraction of sp³-hybridized carbons (Fsp3) is 0.500. The van der Waals surface area contributed by atoms with Crippen LogP contribution in [0.3, 0.4) is 0 Å². The number of pyridine rings is 1. The molecule has 2 unspecified atom stereocenters. The Morgan fingerprint density at radius 2 is 2.35 bits per heavy atom. The molecule has 2 atom stereocenters. The predicted molar refractivity (Wildman–Crippen MR) is 61.7 cm³/mol. The molecule has 1 aliphatic heterocycles.